The summed E-state index contributed by atoms with van der Waals surface area (Å²) in [4.78, 5) is 25.3. The number of nitrogens with zero attached hydrogens (tertiary/aromatic N) is 5. The zero-order valence-electron chi connectivity index (χ0n) is 20.6. The fourth-order valence-electron chi connectivity index (χ4n) is 4.24. The Labute approximate surface area is 208 Å². The zero-order valence-corrected chi connectivity index (χ0v) is 20.6. The van der Waals surface area contributed by atoms with E-state index in [1.54, 1.807) is 24.1 Å². The molecule has 9 heteroatoms. The maximum absolute atomic E-state index is 14.3. The molecule has 0 saturated heterocycles. The van der Waals surface area contributed by atoms with E-state index in [-0.39, 0.29) is 11.7 Å². The maximum atomic E-state index is 14.3. The van der Waals surface area contributed by atoms with Crippen molar-refractivity contribution < 1.29 is 13.9 Å². The van der Waals surface area contributed by atoms with Crippen molar-refractivity contribution in [1.29, 1.82) is 0 Å². The summed E-state index contributed by atoms with van der Waals surface area (Å²) < 4.78 is 21.0. The molecule has 0 spiro atoms. The maximum Gasteiger partial charge on any atom is 0.316 e. The van der Waals surface area contributed by atoms with E-state index in [4.69, 9.17) is 4.74 Å². The number of carbonyl (C=O) groups excluding carboxylic acids is 1. The van der Waals surface area contributed by atoms with Gasteiger partial charge in [0, 0.05) is 18.8 Å². The van der Waals surface area contributed by atoms with Crippen molar-refractivity contribution in [3.63, 3.8) is 0 Å². The third kappa shape index (κ3) is 4.32. The van der Waals surface area contributed by atoms with Gasteiger partial charge >= 0.3 is 5.97 Å². The Kier molecular flexibility index (Phi) is 5.78. The number of benzene rings is 1. The number of carbonyl (C=O) groups is 1. The molecule has 1 aliphatic carbocycles. The quantitative estimate of drug-likeness (QED) is 0.364. The number of pyridine rings is 1. The third-order valence-electron chi connectivity index (χ3n) is 6.57. The molecule has 184 valence electrons. The number of aromatic nitrogens is 5. The summed E-state index contributed by atoms with van der Waals surface area (Å²) in [6.45, 7) is 2.89. The Bertz CT molecular complexity index is 1400. The van der Waals surface area contributed by atoms with Crippen molar-refractivity contribution in [2.75, 3.05) is 12.4 Å². The summed E-state index contributed by atoms with van der Waals surface area (Å²) in [5, 5.41) is 7.56. The van der Waals surface area contributed by atoms with Crippen LogP contribution in [0.1, 0.15) is 37.9 Å². The van der Waals surface area contributed by atoms with E-state index in [1.165, 1.54) is 33.4 Å². The second-order valence-corrected chi connectivity index (χ2v) is 9.50. The number of methoxy groups -OCH3 is 1. The van der Waals surface area contributed by atoms with Crippen LogP contribution in [0.15, 0.2) is 61.2 Å². The summed E-state index contributed by atoms with van der Waals surface area (Å²) in [6, 6.07) is 11.9. The zero-order chi connectivity index (χ0) is 25.5. The number of halogens is 1. The molecule has 0 amide bonds. The van der Waals surface area contributed by atoms with Gasteiger partial charge in [-0.05, 0) is 43.9 Å². The summed E-state index contributed by atoms with van der Waals surface area (Å²) in [6.07, 6.45) is 8.12. The highest BCUT2D eigenvalue weighted by Crippen LogP contribution is 2.49. The summed E-state index contributed by atoms with van der Waals surface area (Å²) >= 11 is 0. The van der Waals surface area contributed by atoms with Gasteiger partial charge in [-0.2, -0.15) is 5.10 Å². The summed E-state index contributed by atoms with van der Waals surface area (Å²) in [5.74, 6) is 0.911. The Balaban J connectivity index is 1.38. The highest BCUT2D eigenvalue weighted by atomic mass is 19.1. The number of hydrogen-bond acceptors (Lipinski definition) is 7. The van der Waals surface area contributed by atoms with Crippen LogP contribution < -0.4 is 5.32 Å². The Morgan fingerprint density at radius 2 is 1.78 bits per heavy atom. The fraction of sp³-hybridized carbons (Fsp3) is 0.296. The highest BCUT2D eigenvalue weighted by molar-refractivity contribution is 5.86. The molecule has 4 aromatic rings. The lowest BCUT2D eigenvalue weighted by molar-refractivity contribution is -0.143. The molecule has 0 atom stereocenters. The van der Waals surface area contributed by atoms with Gasteiger partial charge in [0.05, 0.1) is 48.1 Å². The standard InChI is InChI=1S/C27H27FN6O2/c1-26(2,28)22-15-29-16-23(32-22)33-24-20(14-31-34(24)3)21-10-7-18(13-30-21)17-5-8-19(9-6-17)27(11-12-27)25(35)36-4/h5-10,13-16H,11-12H2,1-4H3,(H,32,33). The predicted molar refractivity (Wildman–Crippen MR) is 134 cm³/mol. The van der Waals surface area contributed by atoms with Crippen LogP contribution in [0.3, 0.4) is 0 Å². The van der Waals surface area contributed by atoms with Crippen molar-refractivity contribution in [2.45, 2.75) is 37.8 Å². The molecule has 0 unspecified atom stereocenters. The Hall–Kier alpha value is -4.14. The minimum Gasteiger partial charge on any atom is -0.468 e. The Morgan fingerprint density at radius 3 is 2.39 bits per heavy atom. The van der Waals surface area contributed by atoms with Crippen molar-refractivity contribution in [3.8, 4) is 22.4 Å². The highest BCUT2D eigenvalue weighted by Gasteiger charge is 2.52. The van der Waals surface area contributed by atoms with E-state index in [2.05, 4.69) is 25.4 Å². The second-order valence-electron chi connectivity index (χ2n) is 9.50. The molecular formula is C27H27FN6O2. The molecule has 5 rings (SSSR count). The van der Waals surface area contributed by atoms with Gasteiger partial charge in [-0.15, -0.1) is 0 Å². The van der Waals surface area contributed by atoms with E-state index in [9.17, 15) is 9.18 Å². The molecular weight excluding hydrogens is 459 g/mol. The van der Waals surface area contributed by atoms with Gasteiger partial charge in [-0.25, -0.2) is 9.37 Å². The van der Waals surface area contributed by atoms with Crippen LogP contribution in [0.4, 0.5) is 16.0 Å². The normalized spacial score (nSPS) is 14.4. The van der Waals surface area contributed by atoms with Gasteiger partial charge < -0.3 is 10.1 Å². The summed E-state index contributed by atoms with van der Waals surface area (Å²) in [7, 11) is 3.24. The lowest BCUT2D eigenvalue weighted by Gasteiger charge is -2.15. The van der Waals surface area contributed by atoms with Gasteiger partial charge in [0.1, 0.15) is 11.5 Å². The molecule has 1 N–H and O–H groups in total. The van der Waals surface area contributed by atoms with Gasteiger partial charge in [-0.3, -0.25) is 19.4 Å². The average Bonchev–Trinajstić information content (AvgIpc) is 3.62. The molecule has 1 saturated carbocycles. The number of rotatable bonds is 7. The van der Waals surface area contributed by atoms with Crippen molar-refractivity contribution in [3.05, 3.63) is 72.4 Å². The van der Waals surface area contributed by atoms with Crippen LogP contribution in [0.2, 0.25) is 0 Å². The summed E-state index contributed by atoms with van der Waals surface area (Å²) in [5.41, 5.74) is 2.60. The van der Waals surface area contributed by atoms with Crippen LogP contribution >= 0.6 is 0 Å². The molecule has 1 aliphatic rings. The topological polar surface area (TPSA) is 94.8 Å². The van der Waals surface area contributed by atoms with E-state index in [0.717, 1.165) is 40.8 Å². The number of anilines is 2. The van der Waals surface area contributed by atoms with E-state index < -0.39 is 11.1 Å². The molecule has 1 aromatic carbocycles. The first kappa shape index (κ1) is 23.6. The first-order valence-electron chi connectivity index (χ1n) is 11.7. The fourth-order valence-corrected chi connectivity index (χ4v) is 4.24. The van der Waals surface area contributed by atoms with E-state index >= 15 is 0 Å². The number of alkyl halides is 1. The predicted octanol–water partition coefficient (Wildman–Crippen LogP) is 5.09. The minimum absolute atomic E-state index is 0.173. The SMILES string of the molecule is COC(=O)C1(c2ccc(-c3ccc(-c4cnn(C)c4Nc4cncc(C(C)(C)F)n4)nc3)cc2)CC1. The molecule has 8 nitrogen and oxygen atoms in total. The molecule has 0 radical (unpaired) electrons. The minimum atomic E-state index is -1.60. The van der Waals surface area contributed by atoms with Gasteiger partial charge in [0.2, 0.25) is 0 Å². The van der Waals surface area contributed by atoms with Crippen molar-refractivity contribution >= 4 is 17.6 Å². The van der Waals surface area contributed by atoms with Crippen molar-refractivity contribution in [1.82, 2.24) is 24.7 Å². The van der Waals surface area contributed by atoms with Crippen LogP contribution in [0.5, 0.6) is 0 Å². The number of ether oxygens (including phenoxy) is 1. The van der Waals surface area contributed by atoms with Crippen LogP contribution in [0, 0.1) is 0 Å². The first-order valence-corrected chi connectivity index (χ1v) is 11.7. The third-order valence-corrected chi connectivity index (χ3v) is 6.57. The van der Waals surface area contributed by atoms with Crippen LogP contribution in [-0.4, -0.2) is 37.8 Å². The molecule has 1 fully saturated rings. The number of nitrogens with one attached hydrogen (secondary N) is 1. The lowest BCUT2D eigenvalue weighted by Crippen LogP contribution is -2.21. The molecule has 0 aliphatic heterocycles. The van der Waals surface area contributed by atoms with Crippen LogP contribution in [-0.2, 0) is 27.7 Å². The van der Waals surface area contributed by atoms with Gasteiger partial charge in [0.15, 0.2) is 5.82 Å². The van der Waals surface area contributed by atoms with Gasteiger partial charge in [-0.1, -0.05) is 30.3 Å². The smallest absolute Gasteiger partial charge is 0.316 e. The molecule has 3 heterocycles. The lowest BCUT2D eigenvalue weighted by atomic mass is 9.94. The largest absolute Gasteiger partial charge is 0.468 e. The van der Waals surface area contributed by atoms with Crippen molar-refractivity contribution in [2.24, 2.45) is 7.05 Å². The van der Waals surface area contributed by atoms with Gasteiger partial charge in [0.25, 0.3) is 0 Å². The van der Waals surface area contributed by atoms with E-state index in [0.29, 0.717) is 11.6 Å². The molecule has 3 aromatic heterocycles. The monoisotopic (exact) mass is 486 g/mol. The molecule has 36 heavy (non-hydrogen) atoms. The van der Waals surface area contributed by atoms with E-state index in [1.807, 2.05) is 36.4 Å². The number of esters is 1. The number of aryl methyl sites for hydroxylation is 1. The second kappa shape index (κ2) is 8.82. The number of hydrogen-bond donors (Lipinski definition) is 1. The average molecular weight is 487 g/mol. The van der Waals surface area contributed by atoms with Crippen LogP contribution in [0.25, 0.3) is 22.4 Å². The first-order chi connectivity index (χ1) is 17.2. The Morgan fingerprint density at radius 1 is 1.06 bits per heavy atom. The molecule has 0 bridgehead atoms.